The summed E-state index contributed by atoms with van der Waals surface area (Å²) in [6.45, 7) is 10.1. The van der Waals surface area contributed by atoms with Crippen molar-refractivity contribution in [1.29, 1.82) is 0 Å². The summed E-state index contributed by atoms with van der Waals surface area (Å²) in [5, 5.41) is 0. The zero-order valence-electron chi connectivity index (χ0n) is 9.25. The van der Waals surface area contributed by atoms with Crippen molar-refractivity contribution in [2.75, 3.05) is 6.54 Å². The van der Waals surface area contributed by atoms with Gasteiger partial charge in [-0.25, -0.2) is 0 Å². The Balaban J connectivity index is 2.64. The Hall–Kier alpha value is -0.720. The molecule has 1 rings (SSSR count). The first-order chi connectivity index (χ1) is 6.11. The van der Waals surface area contributed by atoms with Crippen molar-refractivity contribution in [3.05, 3.63) is 23.9 Å². The maximum absolute atomic E-state index is 2.39. The van der Waals surface area contributed by atoms with E-state index in [0.29, 0.717) is 12.0 Å². The van der Waals surface area contributed by atoms with Gasteiger partial charge < -0.3 is 4.90 Å². The number of hydrogen-bond donors (Lipinski definition) is 0. The van der Waals surface area contributed by atoms with Crippen LogP contribution in [0.1, 0.15) is 34.1 Å². The molecule has 0 saturated carbocycles. The van der Waals surface area contributed by atoms with Crippen molar-refractivity contribution in [3.63, 3.8) is 0 Å². The van der Waals surface area contributed by atoms with Crippen LogP contribution in [0.25, 0.3) is 0 Å². The van der Waals surface area contributed by atoms with Crippen molar-refractivity contribution in [3.8, 4) is 0 Å². The minimum Gasteiger partial charge on any atom is -0.375 e. The predicted molar refractivity (Wildman–Crippen MR) is 58.5 cm³/mol. The summed E-state index contributed by atoms with van der Waals surface area (Å²) in [4.78, 5) is 2.39. The van der Waals surface area contributed by atoms with Gasteiger partial charge in [0.05, 0.1) is 0 Å². The SMILES string of the molecule is CC(C)C1=CCCN(C(C)C)C=C1. The molecule has 0 saturated heterocycles. The standard InChI is InChI=1S/C12H21N/c1-10(2)12-6-5-8-13(9-7-12)11(3)4/h6-7,9-11H,5,8H2,1-4H3. The zero-order chi connectivity index (χ0) is 9.84. The Kier molecular flexibility index (Phi) is 3.58. The molecular weight excluding hydrogens is 158 g/mol. The van der Waals surface area contributed by atoms with Crippen LogP contribution >= 0.6 is 0 Å². The van der Waals surface area contributed by atoms with E-state index in [1.165, 1.54) is 12.0 Å². The minimum atomic E-state index is 0.621. The Morgan fingerprint density at radius 1 is 1.23 bits per heavy atom. The average Bonchev–Trinajstić information content (AvgIpc) is 2.27. The molecule has 0 amide bonds. The van der Waals surface area contributed by atoms with Crippen LogP contribution in [-0.2, 0) is 0 Å². The van der Waals surface area contributed by atoms with Crippen LogP contribution in [0.2, 0.25) is 0 Å². The topological polar surface area (TPSA) is 3.24 Å². The summed E-state index contributed by atoms with van der Waals surface area (Å²) in [6, 6.07) is 0.621. The molecule has 0 bridgehead atoms. The van der Waals surface area contributed by atoms with Crippen molar-refractivity contribution in [2.45, 2.75) is 40.2 Å². The molecule has 0 unspecified atom stereocenters. The zero-order valence-corrected chi connectivity index (χ0v) is 9.25. The molecule has 0 radical (unpaired) electrons. The molecule has 0 aliphatic carbocycles. The third-order valence-corrected chi connectivity index (χ3v) is 2.56. The molecule has 1 nitrogen and oxygen atoms in total. The molecule has 0 aromatic heterocycles. The van der Waals surface area contributed by atoms with Gasteiger partial charge in [0.25, 0.3) is 0 Å². The van der Waals surface area contributed by atoms with Crippen molar-refractivity contribution >= 4 is 0 Å². The molecule has 0 atom stereocenters. The van der Waals surface area contributed by atoms with E-state index in [2.05, 4.69) is 50.9 Å². The lowest BCUT2D eigenvalue weighted by atomic mass is 10.0. The smallest absolute Gasteiger partial charge is 0.0227 e. The monoisotopic (exact) mass is 179 g/mol. The van der Waals surface area contributed by atoms with Gasteiger partial charge >= 0.3 is 0 Å². The normalized spacial score (nSPS) is 18.0. The number of rotatable bonds is 2. The fourth-order valence-corrected chi connectivity index (χ4v) is 1.56. The molecule has 1 heteroatoms. The van der Waals surface area contributed by atoms with Crippen molar-refractivity contribution < 1.29 is 0 Å². The van der Waals surface area contributed by atoms with Gasteiger partial charge in [0.15, 0.2) is 0 Å². The Morgan fingerprint density at radius 3 is 2.46 bits per heavy atom. The number of allylic oxidation sites excluding steroid dienone is 2. The highest BCUT2D eigenvalue weighted by Crippen LogP contribution is 2.16. The molecule has 74 valence electrons. The first-order valence-corrected chi connectivity index (χ1v) is 5.25. The van der Waals surface area contributed by atoms with Crippen molar-refractivity contribution in [1.82, 2.24) is 4.90 Å². The van der Waals surface area contributed by atoms with E-state index in [0.717, 1.165) is 6.54 Å². The van der Waals surface area contributed by atoms with Crippen LogP contribution in [0.15, 0.2) is 23.9 Å². The highest BCUT2D eigenvalue weighted by atomic mass is 15.1. The first-order valence-electron chi connectivity index (χ1n) is 5.25. The van der Waals surface area contributed by atoms with Gasteiger partial charge in [0.1, 0.15) is 0 Å². The van der Waals surface area contributed by atoms with E-state index in [1.54, 1.807) is 0 Å². The number of nitrogens with zero attached hydrogens (tertiary/aromatic N) is 1. The second kappa shape index (κ2) is 4.50. The predicted octanol–water partition coefficient (Wildman–Crippen LogP) is 3.20. The van der Waals surface area contributed by atoms with Crippen LogP contribution in [0, 0.1) is 5.92 Å². The maximum atomic E-state index is 2.39. The van der Waals surface area contributed by atoms with Crippen LogP contribution in [0.5, 0.6) is 0 Å². The van der Waals surface area contributed by atoms with Crippen LogP contribution < -0.4 is 0 Å². The van der Waals surface area contributed by atoms with E-state index in [9.17, 15) is 0 Å². The highest BCUT2D eigenvalue weighted by molar-refractivity contribution is 5.22. The van der Waals surface area contributed by atoms with Gasteiger partial charge in [-0.1, -0.05) is 19.9 Å². The quantitative estimate of drug-likeness (QED) is 0.629. The molecular formula is C12H21N. The Labute approximate surface area is 82.1 Å². The Morgan fingerprint density at radius 2 is 1.92 bits per heavy atom. The van der Waals surface area contributed by atoms with E-state index in [4.69, 9.17) is 0 Å². The molecule has 1 aliphatic heterocycles. The summed E-state index contributed by atoms with van der Waals surface area (Å²) in [7, 11) is 0. The molecule has 1 heterocycles. The second-order valence-electron chi connectivity index (χ2n) is 4.29. The molecule has 0 spiro atoms. The molecule has 0 fully saturated rings. The van der Waals surface area contributed by atoms with Gasteiger partial charge in [-0.15, -0.1) is 0 Å². The van der Waals surface area contributed by atoms with E-state index in [-0.39, 0.29) is 0 Å². The summed E-state index contributed by atoms with van der Waals surface area (Å²) in [5.74, 6) is 0.656. The third-order valence-electron chi connectivity index (χ3n) is 2.56. The lowest BCUT2D eigenvalue weighted by Crippen LogP contribution is -2.25. The maximum Gasteiger partial charge on any atom is 0.0227 e. The average molecular weight is 179 g/mol. The molecule has 0 aromatic carbocycles. The van der Waals surface area contributed by atoms with E-state index < -0.39 is 0 Å². The highest BCUT2D eigenvalue weighted by Gasteiger charge is 2.07. The van der Waals surface area contributed by atoms with Crippen LogP contribution in [0.4, 0.5) is 0 Å². The molecule has 0 N–H and O–H groups in total. The Bertz CT molecular complexity index is 211. The fraction of sp³-hybridized carbons (Fsp3) is 0.667. The van der Waals surface area contributed by atoms with Gasteiger partial charge in [-0.2, -0.15) is 0 Å². The summed E-state index contributed by atoms with van der Waals surface area (Å²) in [6.07, 6.45) is 8.05. The molecule has 1 aliphatic rings. The van der Waals surface area contributed by atoms with Crippen molar-refractivity contribution in [2.24, 2.45) is 5.92 Å². The van der Waals surface area contributed by atoms with Gasteiger partial charge in [0, 0.05) is 12.6 Å². The lowest BCUT2D eigenvalue weighted by Gasteiger charge is -2.23. The van der Waals surface area contributed by atoms with Crippen LogP contribution in [-0.4, -0.2) is 17.5 Å². The van der Waals surface area contributed by atoms with Gasteiger partial charge in [-0.3, -0.25) is 0 Å². The van der Waals surface area contributed by atoms with Crippen LogP contribution in [0.3, 0.4) is 0 Å². The summed E-state index contributed by atoms with van der Waals surface area (Å²) >= 11 is 0. The largest absolute Gasteiger partial charge is 0.375 e. The van der Waals surface area contributed by atoms with Gasteiger partial charge in [-0.05, 0) is 44.0 Å². The van der Waals surface area contributed by atoms with E-state index >= 15 is 0 Å². The van der Waals surface area contributed by atoms with E-state index in [1.807, 2.05) is 0 Å². The summed E-state index contributed by atoms with van der Waals surface area (Å²) < 4.78 is 0. The number of hydrogen-bond acceptors (Lipinski definition) is 1. The minimum absolute atomic E-state index is 0.621. The van der Waals surface area contributed by atoms with Gasteiger partial charge in [0.2, 0.25) is 0 Å². The second-order valence-corrected chi connectivity index (χ2v) is 4.29. The summed E-state index contributed by atoms with van der Waals surface area (Å²) in [5.41, 5.74) is 1.48. The first kappa shape index (κ1) is 10.4. The molecule has 0 aromatic rings. The lowest BCUT2D eigenvalue weighted by molar-refractivity contribution is 0.318. The molecule has 13 heavy (non-hydrogen) atoms. The fourth-order valence-electron chi connectivity index (χ4n) is 1.56. The third kappa shape index (κ3) is 2.91.